The largest absolute Gasteiger partial charge is 0.459 e. The van der Waals surface area contributed by atoms with Crippen LogP contribution in [-0.2, 0) is 0 Å². The van der Waals surface area contributed by atoms with E-state index in [-0.39, 0.29) is 12.1 Å². The molecule has 2 aromatic heterocycles. The van der Waals surface area contributed by atoms with Crippen molar-refractivity contribution in [2.24, 2.45) is 0 Å². The number of aromatic nitrogens is 1. The van der Waals surface area contributed by atoms with Crippen molar-refractivity contribution < 1.29 is 4.42 Å². The van der Waals surface area contributed by atoms with Crippen LogP contribution < -0.4 is 10.2 Å². The Bertz CT molecular complexity index is 1320. The van der Waals surface area contributed by atoms with Gasteiger partial charge in [-0.3, -0.25) is 4.98 Å². The van der Waals surface area contributed by atoms with Crippen LogP contribution in [0.25, 0.3) is 11.3 Å². The van der Waals surface area contributed by atoms with Gasteiger partial charge in [0.2, 0.25) is 0 Å². The summed E-state index contributed by atoms with van der Waals surface area (Å²) in [6, 6.07) is 24.1. The van der Waals surface area contributed by atoms with Crippen molar-refractivity contribution in [2.75, 3.05) is 4.90 Å². The molecule has 1 aliphatic rings. The van der Waals surface area contributed by atoms with Gasteiger partial charge in [0, 0.05) is 22.5 Å². The normalized spacial score (nSPS) is 17.9. The van der Waals surface area contributed by atoms with Crippen molar-refractivity contribution in [3.8, 4) is 11.3 Å². The van der Waals surface area contributed by atoms with Gasteiger partial charge in [-0.15, -0.1) is 0 Å². The SMILES string of the molecule is Cc1c(Cl)cccc1-c1ccc(C2C(c3ccccn3)NC(=S)N2c2ccc(C(C)C)cc2)o1. The van der Waals surface area contributed by atoms with Gasteiger partial charge in [0.05, 0.1) is 11.7 Å². The maximum absolute atomic E-state index is 6.48. The molecule has 3 heterocycles. The third kappa shape index (κ3) is 4.10. The van der Waals surface area contributed by atoms with Gasteiger partial charge in [-0.25, -0.2) is 0 Å². The first-order valence-electron chi connectivity index (χ1n) is 11.4. The summed E-state index contributed by atoms with van der Waals surface area (Å²) < 4.78 is 6.48. The third-order valence-electron chi connectivity index (χ3n) is 6.39. The van der Waals surface area contributed by atoms with E-state index in [1.165, 1.54) is 5.56 Å². The highest BCUT2D eigenvalue weighted by Gasteiger charge is 2.42. The first-order valence-corrected chi connectivity index (χ1v) is 12.2. The Hall–Kier alpha value is -3.15. The number of pyridine rings is 1. The number of thiocarbonyl (C=S) groups is 1. The number of anilines is 1. The molecule has 0 spiro atoms. The summed E-state index contributed by atoms with van der Waals surface area (Å²) in [5.74, 6) is 2.05. The zero-order valence-corrected chi connectivity index (χ0v) is 20.9. The standard InChI is InChI=1S/C28H26ClN3OS/c1-17(2)19-10-12-20(13-11-19)32-27(26(31-28(32)34)23-9-4-5-16-30-23)25-15-14-24(33-25)21-7-6-8-22(29)18(21)3/h4-17,26-27H,1-3H3,(H,31,34). The molecule has 2 aromatic carbocycles. The molecule has 4 aromatic rings. The lowest BCUT2D eigenvalue weighted by Gasteiger charge is -2.26. The fraction of sp³-hybridized carbons (Fsp3) is 0.214. The van der Waals surface area contributed by atoms with Crippen LogP contribution in [0.3, 0.4) is 0 Å². The van der Waals surface area contributed by atoms with Crippen LogP contribution >= 0.6 is 23.8 Å². The lowest BCUT2D eigenvalue weighted by molar-refractivity contribution is 0.439. The number of benzene rings is 2. The number of rotatable bonds is 5. The first kappa shape index (κ1) is 22.6. The second-order valence-corrected chi connectivity index (χ2v) is 9.65. The minimum absolute atomic E-state index is 0.155. The minimum Gasteiger partial charge on any atom is -0.459 e. The molecule has 6 heteroatoms. The van der Waals surface area contributed by atoms with E-state index in [0.29, 0.717) is 11.0 Å². The quantitative estimate of drug-likeness (QED) is 0.293. The lowest BCUT2D eigenvalue weighted by atomic mass is 10.0. The van der Waals surface area contributed by atoms with Crippen LogP contribution in [0.5, 0.6) is 0 Å². The van der Waals surface area contributed by atoms with Crippen molar-refractivity contribution >= 4 is 34.6 Å². The highest BCUT2D eigenvalue weighted by molar-refractivity contribution is 7.80. The van der Waals surface area contributed by atoms with Gasteiger partial charge in [0.15, 0.2) is 5.11 Å². The van der Waals surface area contributed by atoms with Crippen molar-refractivity contribution in [3.63, 3.8) is 0 Å². The Morgan fingerprint density at radius 2 is 1.79 bits per heavy atom. The molecule has 1 N–H and O–H groups in total. The maximum atomic E-state index is 6.48. The fourth-order valence-corrected chi connectivity index (χ4v) is 4.99. The molecule has 0 saturated carbocycles. The summed E-state index contributed by atoms with van der Waals surface area (Å²) >= 11 is 12.2. The molecule has 1 saturated heterocycles. The highest BCUT2D eigenvalue weighted by atomic mass is 35.5. The van der Waals surface area contributed by atoms with Gasteiger partial charge in [0.1, 0.15) is 17.6 Å². The van der Waals surface area contributed by atoms with Gasteiger partial charge in [-0.05, 0) is 78.7 Å². The molecular formula is C28H26ClN3OS. The van der Waals surface area contributed by atoms with E-state index in [2.05, 4.69) is 53.3 Å². The zero-order chi connectivity index (χ0) is 23.8. The average Bonchev–Trinajstić information content (AvgIpc) is 3.46. The molecule has 34 heavy (non-hydrogen) atoms. The fourth-order valence-electron chi connectivity index (χ4n) is 4.47. The summed E-state index contributed by atoms with van der Waals surface area (Å²) in [5.41, 5.74) is 5.19. The van der Waals surface area contributed by atoms with Gasteiger partial charge in [0.25, 0.3) is 0 Å². The summed E-state index contributed by atoms with van der Waals surface area (Å²) in [6.07, 6.45) is 1.81. The Morgan fingerprint density at radius 3 is 2.50 bits per heavy atom. The molecule has 0 bridgehead atoms. The van der Waals surface area contributed by atoms with Crippen LogP contribution in [0.4, 0.5) is 5.69 Å². The van der Waals surface area contributed by atoms with E-state index < -0.39 is 0 Å². The Morgan fingerprint density at radius 1 is 1.00 bits per heavy atom. The van der Waals surface area contributed by atoms with E-state index in [1.807, 2.05) is 55.5 Å². The highest BCUT2D eigenvalue weighted by Crippen LogP contribution is 2.43. The second kappa shape index (κ2) is 9.24. The van der Waals surface area contributed by atoms with Gasteiger partial charge < -0.3 is 14.6 Å². The molecule has 2 unspecified atom stereocenters. The lowest BCUT2D eigenvalue weighted by Crippen LogP contribution is -2.29. The molecule has 0 radical (unpaired) electrons. The monoisotopic (exact) mass is 487 g/mol. The van der Waals surface area contributed by atoms with Crippen LogP contribution in [0.1, 0.15) is 54.4 Å². The summed E-state index contributed by atoms with van der Waals surface area (Å²) in [5, 5.41) is 4.86. The molecule has 2 atom stereocenters. The van der Waals surface area contributed by atoms with E-state index in [9.17, 15) is 0 Å². The van der Waals surface area contributed by atoms with Crippen molar-refractivity contribution in [1.29, 1.82) is 0 Å². The van der Waals surface area contributed by atoms with Crippen molar-refractivity contribution in [3.05, 3.63) is 107 Å². The molecule has 0 amide bonds. The molecule has 1 fully saturated rings. The third-order valence-corrected chi connectivity index (χ3v) is 7.11. The molecule has 0 aliphatic carbocycles. The summed E-state index contributed by atoms with van der Waals surface area (Å²) in [4.78, 5) is 6.75. The Kier molecular flexibility index (Phi) is 6.15. The second-order valence-electron chi connectivity index (χ2n) is 8.86. The number of hydrogen-bond acceptors (Lipinski definition) is 3. The topological polar surface area (TPSA) is 41.3 Å². The summed E-state index contributed by atoms with van der Waals surface area (Å²) in [6.45, 7) is 6.39. The number of nitrogens with zero attached hydrogens (tertiary/aromatic N) is 2. The van der Waals surface area contributed by atoms with Crippen LogP contribution in [-0.4, -0.2) is 10.1 Å². The van der Waals surface area contributed by atoms with E-state index >= 15 is 0 Å². The van der Waals surface area contributed by atoms with Gasteiger partial charge in [-0.1, -0.05) is 55.8 Å². The number of halogens is 1. The number of furan rings is 1. The zero-order valence-electron chi connectivity index (χ0n) is 19.3. The van der Waals surface area contributed by atoms with Crippen LogP contribution in [0.2, 0.25) is 5.02 Å². The minimum atomic E-state index is -0.194. The number of hydrogen-bond donors (Lipinski definition) is 1. The smallest absolute Gasteiger partial charge is 0.174 e. The molecular weight excluding hydrogens is 462 g/mol. The van der Waals surface area contributed by atoms with Crippen LogP contribution in [0.15, 0.2) is 83.4 Å². The van der Waals surface area contributed by atoms with E-state index in [4.69, 9.17) is 28.2 Å². The molecule has 1 aliphatic heterocycles. The van der Waals surface area contributed by atoms with Gasteiger partial charge in [-0.2, -0.15) is 0 Å². The summed E-state index contributed by atoms with van der Waals surface area (Å²) in [7, 11) is 0. The van der Waals surface area contributed by atoms with Crippen molar-refractivity contribution in [1.82, 2.24) is 10.3 Å². The van der Waals surface area contributed by atoms with E-state index in [0.717, 1.165) is 39.1 Å². The molecule has 4 nitrogen and oxygen atoms in total. The number of nitrogens with one attached hydrogen (secondary N) is 1. The maximum Gasteiger partial charge on any atom is 0.174 e. The van der Waals surface area contributed by atoms with Crippen molar-refractivity contribution in [2.45, 2.75) is 38.8 Å². The van der Waals surface area contributed by atoms with Crippen LogP contribution in [0, 0.1) is 6.92 Å². The van der Waals surface area contributed by atoms with E-state index in [1.54, 1.807) is 6.20 Å². The predicted octanol–water partition coefficient (Wildman–Crippen LogP) is 7.60. The Labute approximate surface area is 210 Å². The molecule has 172 valence electrons. The first-order chi connectivity index (χ1) is 16.4. The molecule has 5 rings (SSSR count). The predicted molar refractivity (Wildman–Crippen MR) is 142 cm³/mol. The Balaban J connectivity index is 1.59. The average molecular weight is 488 g/mol. The van der Waals surface area contributed by atoms with Gasteiger partial charge >= 0.3 is 0 Å².